The van der Waals surface area contributed by atoms with Crippen LogP contribution in [-0.2, 0) is 5.54 Å². The third-order valence-corrected chi connectivity index (χ3v) is 3.03. The van der Waals surface area contributed by atoms with Crippen molar-refractivity contribution in [3.05, 3.63) is 29.6 Å². The van der Waals surface area contributed by atoms with Crippen molar-refractivity contribution < 1.29 is 0 Å². The summed E-state index contributed by atoms with van der Waals surface area (Å²) in [4.78, 5) is 4.58. The number of rotatable bonds is 1. The Hall–Kier alpha value is -1.53. The minimum Gasteiger partial charge on any atom is -0.321 e. The fourth-order valence-corrected chi connectivity index (χ4v) is 2.28. The van der Waals surface area contributed by atoms with Crippen molar-refractivity contribution in [1.82, 2.24) is 9.55 Å². The highest BCUT2D eigenvalue weighted by atomic mass is 35.5. The van der Waals surface area contributed by atoms with Gasteiger partial charge in [-0.2, -0.15) is 5.26 Å². The Kier molecular flexibility index (Phi) is 3.08. The van der Waals surface area contributed by atoms with Crippen molar-refractivity contribution in [2.75, 3.05) is 0 Å². The molecule has 4 heteroatoms. The van der Waals surface area contributed by atoms with Crippen LogP contribution in [0.1, 0.15) is 44.5 Å². The zero-order chi connectivity index (χ0) is 13.5. The van der Waals surface area contributed by atoms with Gasteiger partial charge in [0.25, 0.3) is 0 Å². The molecule has 94 valence electrons. The number of alkyl halides is 1. The molecule has 1 heterocycles. The molecular weight excluding hydrogens is 246 g/mol. The average molecular weight is 262 g/mol. The van der Waals surface area contributed by atoms with Gasteiger partial charge in [0.15, 0.2) is 0 Å². The first-order valence-corrected chi connectivity index (χ1v) is 6.35. The highest BCUT2D eigenvalue weighted by Crippen LogP contribution is 2.30. The number of nitrogens with zero attached hydrogens (tertiary/aromatic N) is 3. The van der Waals surface area contributed by atoms with E-state index in [2.05, 4.69) is 36.4 Å². The van der Waals surface area contributed by atoms with Crippen molar-refractivity contribution in [3.63, 3.8) is 0 Å². The van der Waals surface area contributed by atoms with Crippen molar-refractivity contribution in [2.45, 2.75) is 38.6 Å². The fraction of sp³-hybridized carbons (Fsp3) is 0.429. The van der Waals surface area contributed by atoms with Crippen LogP contribution in [0, 0.1) is 11.3 Å². The van der Waals surface area contributed by atoms with Crippen molar-refractivity contribution in [2.24, 2.45) is 0 Å². The quantitative estimate of drug-likeness (QED) is 0.729. The topological polar surface area (TPSA) is 41.6 Å². The Morgan fingerprint density at radius 1 is 1.39 bits per heavy atom. The van der Waals surface area contributed by atoms with Crippen molar-refractivity contribution in [3.8, 4) is 6.07 Å². The lowest BCUT2D eigenvalue weighted by atomic mass is 10.1. The highest BCUT2D eigenvalue weighted by Gasteiger charge is 2.23. The van der Waals surface area contributed by atoms with Crippen LogP contribution in [-0.4, -0.2) is 9.55 Å². The summed E-state index contributed by atoms with van der Waals surface area (Å²) in [6.45, 7) is 8.23. The van der Waals surface area contributed by atoms with Gasteiger partial charge >= 0.3 is 0 Å². The summed E-state index contributed by atoms with van der Waals surface area (Å²) in [6.07, 6.45) is 0. The van der Waals surface area contributed by atoms with E-state index in [0.29, 0.717) is 5.56 Å². The second-order valence-corrected chi connectivity index (χ2v) is 6.06. The maximum atomic E-state index is 9.00. The maximum absolute atomic E-state index is 9.00. The normalized spacial score (nSPS) is 13.6. The minimum absolute atomic E-state index is 0.124. The number of imidazole rings is 1. The first kappa shape index (κ1) is 12.9. The number of benzene rings is 1. The predicted molar refractivity (Wildman–Crippen MR) is 73.7 cm³/mol. The molecule has 0 aliphatic carbocycles. The third-order valence-electron chi connectivity index (χ3n) is 2.84. The lowest BCUT2D eigenvalue weighted by Gasteiger charge is -2.25. The average Bonchev–Trinajstić information content (AvgIpc) is 2.66. The van der Waals surface area contributed by atoms with Crippen LogP contribution in [0.5, 0.6) is 0 Å². The van der Waals surface area contributed by atoms with E-state index in [4.69, 9.17) is 16.9 Å². The second-order valence-electron chi connectivity index (χ2n) is 5.41. The van der Waals surface area contributed by atoms with E-state index in [-0.39, 0.29) is 10.9 Å². The summed E-state index contributed by atoms with van der Waals surface area (Å²) in [6, 6.07) is 7.69. The number of aromatic nitrogens is 2. The van der Waals surface area contributed by atoms with Gasteiger partial charge in [0, 0.05) is 5.54 Å². The first-order chi connectivity index (χ1) is 8.34. The van der Waals surface area contributed by atoms with E-state index in [0.717, 1.165) is 16.9 Å². The van der Waals surface area contributed by atoms with Gasteiger partial charge < -0.3 is 4.57 Å². The molecule has 1 aromatic heterocycles. The standard InChI is InChI=1S/C14H16ClN3/c1-9(15)13-17-11-6-5-10(8-16)7-12(11)18(13)14(2,3)4/h5-7,9H,1-4H3. The van der Waals surface area contributed by atoms with Gasteiger partial charge in [-0.1, -0.05) is 0 Å². The zero-order valence-corrected chi connectivity index (χ0v) is 11.8. The predicted octanol–water partition coefficient (Wildman–Crippen LogP) is 3.96. The number of nitriles is 1. The Morgan fingerprint density at radius 2 is 2.06 bits per heavy atom. The number of fused-ring (bicyclic) bond motifs is 1. The fourth-order valence-electron chi connectivity index (χ4n) is 2.14. The molecule has 1 aromatic carbocycles. The summed E-state index contributed by atoms with van der Waals surface area (Å²) in [7, 11) is 0. The van der Waals surface area contributed by atoms with Gasteiger partial charge in [-0.05, 0) is 45.9 Å². The molecule has 0 spiro atoms. The number of halogens is 1. The van der Waals surface area contributed by atoms with Crippen LogP contribution < -0.4 is 0 Å². The second kappa shape index (κ2) is 4.29. The van der Waals surface area contributed by atoms with Gasteiger partial charge in [0.2, 0.25) is 0 Å². The molecule has 0 aliphatic heterocycles. The van der Waals surface area contributed by atoms with Gasteiger partial charge in [-0.15, -0.1) is 11.6 Å². The molecule has 0 amide bonds. The van der Waals surface area contributed by atoms with E-state index in [1.54, 1.807) is 6.07 Å². The molecule has 0 saturated heterocycles. The van der Waals surface area contributed by atoms with Crippen molar-refractivity contribution in [1.29, 1.82) is 5.26 Å². The summed E-state index contributed by atoms with van der Waals surface area (Å²) >= 11 is 6.21. The van der Waals surface area contributed by atoms with Crippen LogP contribution in [0.3, 0.4) is 0 Å². The Balaban J connectivity index is 2.84. The number of hydrogen-bond acceptors (Lipinski definition) is 2. The van der Waals surface area contributed by atoms with Crippen molar-refractivity contribution >= 4 is 22.6 Å². The Morgan fingerprint density at radius 3 is 2.56 bits per heavy atom. The van der Waals surface area contributed by atoms with E-state index < -0.39 is 0 Å². The largest absolute Gasteiger partial charge is 0.321 e. The van der Waals surface area contributed by atoms with Crippen LogP contribution in [0.2, 0.25) is 0 Å². The van der Waals surface area contributed by atoms with E-state index >= 15 is 0 Å². The molecule has 1 atom stereocenters. The lowest BCUT2D eigenvalue weighted by molar-refractivity contribution is 0.394. The van der Waals surface area contributed by atoms with E-state index in [1.807, 2.05) is 19.1 Å². The molecule has 18 heavy (non-hydrogen) atoms. The molecule has 0 saturated carbocycles. The molecule has 2 rings (SSSR count). The Labute approximate surface area is 112 Å². The van der Waals surface area contributed by atoms with Gasteiger partial charge in [-0.25, -0.2) is 4.98 Å². The summed E-state index contributed by atoms with van der Waals surface area (Å²) < 4.78 is 2.11. The summed E-state index contributed by atoms with van der Waals surface area (Å²) in [5, 5.41) is 8.84. The zero-order valence-electron chi connectivity index (χ0n) is 11.0. The molecule has 1 unspecified atom stereocenters. The highest BCUT2D eigenvalue weighted by molar-refractivity contribution is 6.20. The lowest BCUT2D eigenvalue weighted by Crippen LogP contribution is -2.24. The number of hydrogen-bond donors (Lipinski definition) is 0. The summed E-state index contributed by atoms with van der Waals surface area (Å²) in [5.74, 6) is 0.842. The summed E-state index contributed by atoms with van der Waals surface area (Å²) in [5.41, 5.74) is 2.36. The van der Waals surface area contributed by atoms with E-state index in [1.165, 1.54) is 0 Å². The SMILES string of the molecule is CC(Cl)c1nc2ccc(C#N)cc2n1C(C)(C)C. The molecule has 3 nitrogen and oxygen atoms in total. The molecule has 0 bridgehead atoms. The maximum Gasteiger partial charge on any atom is 0.128 e. The molecule has 0 radical (unpaired) electrons. The van der Waals surface area contributed by atoms with Gasteiger partial charge in [0.1, 0.15) is 5.82 Å². The van der Waals surface area contributed by atoms with Gasteiger partial charge in [0.05, 0.1) is 28.0 Å². The Bertz CT molecular complexity index is 627. The molecule has 0 N–H and O–H groups in total. The molecule has 0 fully saturated rings. The molecular formula is C14H16ClN3. The van der Waals surface area contributed by atoms with Crippen LogP contribution in [0.25, 0.3) is 11.0 Å². The monoisotopic (exact) mass is 261 g/mol. The van der Waals surface area contributed by atoms with Crippen LogP contribution in [0.15, 0.2) is 18.2 Å². The first-order valence-electron chi connectivity index (χ1n) is 5.91. The third kappa shape index (κ3) is 2.09. The minimum atomic E-state index is -0.165. The molecule has 0 aliphatic rings. The molecule has 2 aromatic rings. The van der Waals surface area contributed by atoms with Gasteiger partial charge in [-0.3, -0.25) is 0 Å². The van der Waals surface area contributed by atoms with Crippen LogP contribution >= 0.6 is 11.6 Å². The van der Waals surface area contributed by atoms with Crippen LogP contribution in [0.4, 0.5) is 0 Å². The smallest absolute Gasteiger partial charge is 0.128 e. The van der Waals surface area contributed by atoms with E-state index in [9.17, 15) is 0 Å².